The molecular weight excluding hydrogens is 450 g/mol. The van der Waals surface area contributed by atoms with Gasteiger partial charge in [-0.1, -0.05) is 31.4 Å². The minimum Gasteiger partial charge on any atom is -0.508 e. The van der Waals surface area contributed by atoms with E-state index in [2.05, 4.69) is 17.2 Å². The molecule has 2 rings (SSSR count). The Balaban J connectivity index is 2.39. The molecule has 2 atom stereocenters. The molecule has 1 saturated carbocycles. The number of aliphatic hydroxyl groups is 1. The van der Waals surface area contributed by atoms with E-state index in [1.807, 2.05) is 0 Å². The van der Waals surface area contributed by atoms with Crippen molar-refractivity contribution in [2.45, 2.75) is 83.5 Å². The van der Waals surface area contributed by atoms with Crippen molar-refractivity contribution >= 4 is 17.9 Å². The topological polar surface area (TPSA) is 128 Å². The van der Waals surface area contributed by atoms with Crippen molar-refractivity contribution in [2.24, 2.45) is 0 Å². The van der Waals surface area contributed by atoms with Gasteiger partial charge in [-0.15, -0.1) is 6.58 Å². The third-order valence-corrected chi connectivity index (χ3v) is 5.83. The summed E-state index contributed by atoms with van der Waals surface area (Å²) in [5, 5.41) is 25.4. The molecule has 1 aliphatic carbocycles. The number of nitrogens with zero attached hydrogens (tertiary/aromatic N) is 1. The van der Waals surface area contributed by atoms with E-state index in [-0.39, 0.29) is 24.2 Å². The largest absolute Gasteiger partial charge is 0.508 e. The number of phenolic OH excluding ortho intramolecular Hbond substituents is 1. The number of alkyl carbamates (subject to hydrolysis) is 1. The molecule has 0 bridgehead atoms. The van der Waals surface area contributed by atoms with E-state index in [1.54, 1.807) is 39.8 Å². The summed E-state index contributed by atoms with van der Waals surface area (Å²) in [6.07, 6.45) is 5.53. The van der Waals surface area contributed by atoms with Gasteiger partial charge in [0.1, 0.15) is 23.4 Å². The molecule has 35 heavy (non-hydrogen) atoms. The van der Waals surface area contributed by atoms with Crippen molar-refractivity contribution in [3.05, 3.63) is 42.0 Å². The van der Waals surface area contributed by atoms with Crippen LogP contribution >= 0.6 is 0 Å². The molecule has 1 aromatic rings. The average molecular weight is 490 g/mol. The number of aliphatic hydroxyl groups excluding tert-OH is 1. The van der Waals surface area contributed by atoms with Crippen LogP contribution in [0.1, 0.15) is 70.0 Å². The summed E-state index contributed by atoms with van der Waals surface area (Å²) < 4.78 is 5.22. The minimum atomic E-state index is -1.33. The standard InChI is InChI=1S/C26H39N3O6/c1-6-14-29(24(33)20(16-30)28-25(34)35-26(3,4)5)22(18-12-13-21(31)17(2)15-18)23(32)27-19-10-8-7-9-11-19/h6,12-13,15,19-20,22,30-31H,1,7-11,14,16H2,2-5H3,(H,27,32)(H,28,34). The molecule has 0 saturated heterocycles. The van der Waals surface area contributed by atoms with Crippen LogP contribution < -0.4 is 10.6 Å². The molecule has 194 valence electrons. The van der Waals surface area contributed by atoms with E-state index in [0.717, 1.165) is 32.1 Å². The molecule has 0 aromatic heterocycles. The van der Waals surface area contributed by atoms with E-state index in [9.17, 15) is 24.6 Å². The number of amides is 3. The van der Waals surface area contributed by atoms with Crippen molar-refractivity contribution in [1.29, 1.82) is 0 Å². The Bertz CT molecular complexity index is 905. The molecule has 9 heteroatoms. The summed E-state index contributed by atoms with van der Waals surface area (Å²) >= 11 is 0. The minimum absolute atomic E-state index is 0.00572. The monoisotopic (exact) mass is 489 g/mol. The smallest absolute Gasteiger partial charge is 0.408 e. The lowest BCUT2D eigenvalue weighted by Gasteiger charge is -2.35. The zero-order chi connectivity index (χ0) is 26.2. The van der Waals surface area contributed by atoms with Crippen LogP contribution in [0.2, 0.25) is 0 Å². The quantitative estimate of drug-likeness (QED) is 0.395. The van der Waals surface area contributed by atoms with Crippen LogP contribution in [0.15, 0.2) is 30.9 Å². The summed E-state index contributed by atoms with van der Waals surface area (Å²) in [6.45, 7) is 9.79. The van der Waals surface area contributed by atoms with Crippen LogP contribution in [0, 0.1) is 6.92 Å². The fraction of sp³-hybridized carbons (Fsp3) is 0.577. The Hall–Kier alpha value is -3.07. The normalized spacial score (nSPS) is 16.0. The first-order valence-electron chi connectivity index (χ1n) is 12.1. The van der Waals surface area contributed by atoms with Crippen molar-refractivity contribution in [3.63, 3.8) is 0 Å². The van der Waals surface area contributed by atoms with Gasteiger partial charge < -0.3 is 30.5 Å². The highest BCUT2D eigenvalue weighted by Gasteiger charge is 2.36. The lowest BCUT2D eigenvalue weighted by atomic mass is 9.94. The van der Waals surface area contributed by atoms with Crippen LogP contribution in [0.25, 0.3) is 0 Å². The lowest BCUT2D eigenvalue weighted by Crippen LogP contribution is -2.55. The van der Waals surface area contributed by atoms with Crippen molar-refractivity contribution < 1.29 is 29.3 Å². The molecular formula is C26H39N3O6. The fourth-order valence-electron chi connectivity index (χ4n) is 4.15. The zero-order valence-electron chi connectivity index (χ0n) is 21.2. The predicted molar refractivity (Wildman–Crippen MR) is 133 cm³/mol. The van der Waals surface area contributed by atoms with Crippen LogP contribution in [0.3, 0.4) is 0 Å². The van der Waals surface area contributed by atoms with Crippen LogP contribution in [-0.2, 0) is 14.3 Å². The maximum absolute atomic E-state index is 13.6. The van der Waals surface area contributed by atoms with Gasteiger partial charge in [0.25, 0.3) is 0 Å². The Morgan fingerprint density at radius 3 is 2.43 bits per heavy atom. The number of rotatable bonds is 9. The van der Waals surface area contributed by atoms with Gasteiger partial charge in [-0.3, -0.25) is 9.59 Å². The number of carbonyl (C=O) groups is 3. The van der Waals surface area contributed by atoms with Gasteiger partial charge in [-0.05, 0) is 63.8 Å². The van der Waals surface area contributed by atoms with Crippen LogP contribution in [0.5, 0.6) is 5.75 Å². The van der Waals surface area contributed by atoms with Crippen molar-refractivity contribution in [1.82, 2.24) is 15.5 Å². The third-order valence-electron chi connectivity index (χ3n) is 5.83. The maximum atomic E-state index is 13.6. The van der Waals surface area contributed by atoms with Crippen molar-refractivity contribution in [2.75, 3.05) is 13.2 Å². The number of ether oxygens (including phenoxy) is 1. The molecule has 1 fully saturated rings. The molecule has 2 unspecified atom stereocenters. The fourth-order valence-corrected chi connectivity index (χ4v) is 4.15. The van der Waals surface area contributed by atoms with Crippen molar-refractivity contribution in [3.8, 4) is 5.75 Å². The molecule has 9 nitrogen and oxygen atoms in total. The highest BCUT2D eigenvalue weighted by atomic mass is 16.6. The number of hydrogen-bond acceptors (Lipinski definition) is 6. The number of nitrogens with one attached hydrogen (secondary N) is 2. The molecule has 4 N–H and O–H groups in total. The Morgan fingerprint density at radius 1 is 1.23 bits per heavy atom. The average Bonchev–Trinajstić information content (AvgIpc) is 2.78. The van der Waals surface area contributed by atoms with Crippen LogP contribution in [0.4, 0.5) is 4.79 Å². The molecule has 3 amide bonds. The molecule has 1 aliphatic rings. The summed E-state index contributed by atoms with van der Waals surface area (Å²) in [6, 6.07) is 2.34. The summed E-state index contributed by atoms with van der Waals surface area (Å²) in [7, 11) is 0. The number of carbonyl (C=O) groups excluding carboxylic acids is 3. The first-order valence-corrected chi connectivity index (χ1v) is 12.1. The van der Waals surface area contributed by atoms with Gasteiger partial charge in [0.15, 0.2) is 0 Å². The second-order valence-electron chi connectivity index (χ2n) is 9.95. The Kier molecular flexibility index (Phi) is 10.1. The maximum Gasteiger partial charge on any atom is 0.408 e. The first-order chi connectivity index (χ1) is 16.5. The third kappa shape index (κ3) is 8.28. The van der Waals surface area contributed by atoms with Gasteiger partial charge in [0.2, 0.25) is 11.8 Å². The highest BCUT2D eigenvalue weighted by Crippen LogP contribution is 2.28. The van der Waals surface area contributed by atoms with Gasteiger partial charge in [0, 0.05) is 12.6 Å². The second-order valence-corrected chi connectivity index (χ2v) is 9.95. The first kappa shape index (κ1) is 28.2. The molecule has 0 spiro atoms. The lowest BCUT2D eigenvalue weighted by molar-refractivity contribution is -0.143. The number of hydrogen-bond donors (Lipinski definition) is 4. The molecule has 1 aromatic carbocycles. The van der Waals surface area contributed by atoms with E-state index in [4.69, 9.17) is 4.74 Å². The van der Waals surface area contributed by atoms with E-state index in [1.165, 1.54) is 17.0 Å². The number of phenols is 1. The van der Waals surface area contributed by atoms with Crippen LogP contribution in [-0.4, -0.2) is 63.9 Å². The highest BCUT2D eigenvalue weighted by molar-refractivity contribution is 5.92. The van der Waals surface area contributed by atoms with Gasteiger partial charge in [-0.2, -0.15) is 0 Å². The zero-order valence-corrected chi connectivity index (χ0v) is 21.2. The van der Waals surface area contributed by atoms with Gasteiger partial charge in [0.05, 0.1) is 6.61 Å². The van der Waals surface area contributed by atoms with E-state index < -0.39 is 36.3 Å². The van der Waals surface area contributed by atoms with Gasteiger partial charge in [-0.25, -0.2) is 4.79 Å². The molecule has 0 radical (unpaired) electrons. The summed E-state index contributed by atoms with van der Waals surface area (Å²) in [5.74, 6) is -0.958. The molecule has 0 aliphatic heterocycles. The van der Waals surface area contributed by atoms with Gasteiger partial charge >= 0.3 is 6.09 Å². The van der Waals surface area contributed by atoms with E-state index >= 15 is 0 Å². The Morgan fingerprint density at radius 2 is 1.89 bits per heavy atom. The Labute approximate surface area is 207 Å². The summed E-state index contributed by atoms with van der Waals surface area (Å²) in [4.78, 5) is 40.7. The number of benzene rings is 1. The van der Waals surface area contributed by atoms with E-state index in [0.29, 0.717) is 11.1 Å². The second kappa shape index (κ2) is 12.6. The number of aromatic hydroxyl groups is 1. The SMILES string of the molecule is C=CCN(C(=O)C(CO)NC(=O)OC(C)(C)C)C(C(=O)NC1CCCCC1)c1ccc(O)c(C)c1. The summed E-state index contributed by atoms with van der Waals surface area (Å²) in [5.41, 5.74) is 0.257. The predicted octanol–water partition coefficient (Wildman–Crippen LogP) is 3.09. The number of aryl methyl sites for hydroxylation is 1. The molecule has 0 heterocycles.